The second-order valence-electron chi connectivity index (χ2n) is 10.8. The van der Waals surface area contributed by atoms with Crippen molar-refractivity contribution in [2.75, 3.05) is 5.75 Å². The van der Waals surface area contributed by atoms with Gasteiger partial charge >= 0.3 is 0 Å². The Kier molecular flexibility index (Phi) is 11.6. The van der Waals surface area contributed by atoms with Crippen molar-refractivity contribution in [3.8, 4) is 0 Å². The van der Waals surface area contributed by atoms with Gasteiger partial charge in [0.1, 0.15) is 11.7 Å². The number of nitrogens with two attached hydrogens (primary N) is 1. The Balaban J connectivity index is 1.78. The number of thioether (sulfide) groups is 1. The predicted octanol–water partition coefficient (Wildman–Crippen LogP) is 2.46. The second kappa shape index (κ2) is 15.1. The minimum absolute atomic E-state index is 0.0752. The molecule has 0 aliphatic carbocycles. The van der Waals surface area contributed by atoms with Crippen molar-refractivity contribution in [2.45, 2.75) is 62.2 Å². The van der Waals surface area contributed by atoms with E-state index in [0.29, 0.717) is 10.5 Å². The van der Waals surface area contributed by atoms with Crippen LogP contribution in [-0.2, 0) is 16.0 Å². The third-order valence-electron chi connectivity index (χ3n) is 6.05. The fourth-order valence-corrected chi connectivity index (χ4v) is 5.13. The Bertz CT molecular complexity index is 1360. The van der Waals surface area contributed by atoms with Gasteiger partial charge in [0.25, 0.3) is 11.8 Å². The molecule has 3 atom stereocenters. The van der Waals surface area contributed by atoms with Crippen LogP contribution in [-0.4, -0.2) is 63.2 Å². The van der Waals surface area contributed by atoms with Gasteiger partial charge in [-0.2, -0.15) is 0 Å². The number of hydrogen-bond acceptors (Lipinski definition) is 7. The maximum absolute atomic E-state index is 13.4. The van der Waals surface area contributed by atoms with Crippen LogP contribution < -0.4 is 21.7 Å². The number of aromatic nitrogens is 1. The van der Waals surface area contributed by atoms with Crippen LogP contribution in [0.3, 0.4) is 0 Å². The SMILES string of the molecule is CC(C)(C)NC(=O)c1ccccc1SC[C@H](O)[C@H](Cc1ccccc1)NC(=O)[C@H](CC(N)=O)NC(=O)c1ccccn1. The zero-order valence-corrected chi connectivity index (χ0v) is 24.7. The van der Waals surface area contributed by atoms with Crippen molar-refractivity contribution in [1.29, 1.82) is 0 Å². The van der Waals surface area contributed by atoms with Gasteiger partial charge in [-0.25, -0.2) is 0 Å². The molecule has 10 nitrogen and oxygen atoms in total. The van der Waals surface area contributed by atoms with Crippen LogP contribution in [0.5, 0.6) is 0 Å². The number of amides is 4. The second-order valence-corrected chi connectivity index (χ2v) is 11.9. The van der Waals surface area contributed by atoms with Crippen LogP contribution in [0.4, 0.5) is 0 Å². The molecule has 222 valence electrons. The largest absolute Gasteiger partial charge is 0.390 e. The zero-order valence-electron chi connectivity index (χ0n) is 23.9. The molecule has 0 saturated heterocycles. The first-order chi connectivity index (χ1) is 19.9. The van der Waals surface area contributed by atoms with Crippen LogP contribution in [0.25, 0.3) is 0 Å². The first-order valence-corrected chi connectivity index (χ1v) is 14.5. The number of pyridine rings is 1. The number of primary amides is 1. The van der Waals surface area contributed by atoms with Gasteiger partial charge in [0.05, 0.1) is 24.1 Å². The van der Waals surface area contributed by atoms with Crippen molar-refractivity contribution in [2.24, 2.45) is 5.73 Å². The average molecular weight is 592 g/mol. The molecule has 0 fully saturated rings. The van der Waals surface area contributed by atoms with E-state index in [1.165, 1.54) is 24.0 Å². The molecule has 3 aromatic rings. The van der Waals surface area contributed by atoms with Gasteiger partial charge in [-0.05, 0) is 57.0 Å². The van der Waals surface area contributed by atoms with Gasteiger partial charge < -0.3 is 26.8 Å². The molecule has 11 heteroatoms. The highest BCUT2D eigenvalue weighted by Gasteiger charge is 2.29. The average Bonchev–Trinajstić information content (AvgIpc) is 2.95. The molecular formula is C31H37N5O5S. The number of benzene rings is 2. The first-order valence-electron chi connectivity index (χ1n) is 13.5. The fourth-order valence-electron chi connectivity index (χ4n) is 4.05. The summed E-state index contributed by atoms with van der Waals surface area (Å²) in [5.41, 5.74) is 6.37. The van der Waals surface area contributed by atoms with Gasteiger partial charge in [-0.1, -0.05) is 48.5 Å². The molecule has 4 amide bonds. The Morgan fingerprint density at radius 1 is 0.905 bits per heavy atom. The Morgan fingerprint density at radius 2 is 1.57 bits per heavy atom. The number of carbonyl (C=O) groups is 4. The lowest BCUT2D eigenvalue weighted by Gasteiger charge is -2.27. The zero-order chi connectivity index (χ0) is 30.7. The molecule has 42 heavy (non-hydrogen) atoms. The van der Waals surface area contributed by atoms with Crippen LogP contribution in [0.1, 0.15) is 53.6 Å². The van der Waals surface area contributed by atoms with Gasteiger partial charge in [0.2, 0.25) is 11.8 Å². The molecule has 0 bridgehead atoms. The van der Waals surface area contributed by atoms with Crippen molar-refractivity contribution < 1.29 is 24.3 Å². The Labute approximate surface area is 249 Å². The molecule has 2 aromatic carbocycles. The number of aliphatic hydroxyl groups excluding tert-OH is 1. The van der Waals surface area contributed by atoms with Crippen molar-refractivity contribution >= 4 is 35.4 Å². The molecule has 6 N–H and O–H groups in total. The van der Waals surface area contributed by atoms with Gasteiger partial charge in [0.15, 0.2) is 0 Å². The Morgan fingerprint density at radius 3 is 2.21 bits per heavy atom. The van der Waals surface area contributed by atoms with E-state index in [1.807, 2.05) is 57.2 Å². The standard InChI is InChI=1S/C31H37N5O5S/c1-31(2,3)36-28(39)21-13-7-8-15-26(21)42-19-25(37)23(17-20-11-5-4-6-12-20)34-30(41)24(18-27(32)38)35-29(40)22-14-9-10-16-33-22/h4-16,23-25,37H,17-19H2,1-3H3,(H2,32,38)(H,34,41)(H,35,40)(H,36,39)/t23-,24-,25-/m0/s1. The highest BCUT2D eigenvalue weighted by Crippen LogP contribution is 2.25. The van der Waals surface area contributed by atoms with Crippen LogP contribution >= 0.6 is 11.8 Å². The molecule has 0 saturated carbocycles. The summed E-state index contributed by atoms with van der Waals surface area (Å²) in [6.07, 6.45) is 0.215. The molecule has 3 rings (SSSR count). The highest BCUT2D eigenvalue weighted by molar-refractivity contribution is 7.99. The van der Waals surface area contributed by atoms with E-state index in [0.717, 1.165) is 5.56 Å². The number of carbonyl (C=O) groups excluding carboxylic acids is 4. The topological polar surface area (TPSA) is 164 Å². The fraction of sp³-hybridized carbons (Fsp3) is 0.323. The van der Waals surface area contributed by atoms with E-state index in [4.69, 9.17) is 5.73 Å². The molecule has 0 spiro atoms. The lowest BCUT2D eigenvalue weighted by atomic mass is 10.0. The minimum atomic E-state index is -1.28. The molecule has 1 heterocycles. The molecule has 0 unspecified atom stereocenters. The summed E-state index contributed by atoms with van der Waals surface area (Å²) in [5, 5.41) is 19.6. The monoisotopic (exact) mass is 591 g/mol. The molecule has 0 aliphatic heterocycles. The summed E-state index contributed by atoms with van der Waals surface area (Å²) in [5.74, 6) is -2.17. The maximum atomic E-state index is 13.4. The van der Waals surface area contributed by atoms with E-state index in [1.54, 1.807) is 30.3 Å². The van der Waals surface area contributed by atoms with Crippen molar-refractivity contribution in [3.63, 3.8) is 0 Å². The van der Waals surface area contributed by atoms with E-state index in [2.05, 4.69) is 20.9 Å². The van der Waals surface area contributed by atoms with Crippen LogP contribution in [0.2, 0.25) is 0 Å². The van der Waals surface area contributed by atoms with E-state index in [9.17, 15) is 24.3 Å². The molecular weight excluding hydrogens is 554 g/mol. The lowest BCUT2D eigenvalue weighted by Crippen LogP contribution is -2.54. The summed E-state index contributed by atoms with van der Waals surface area (Å²) in [7, 11) is 0. The number of aliphatic hydroxyl groups is 1. The van der Waals surface area contributed by atoms with Crippen molar-refractivity contribution in [3.05, 3.63) is 95.8 Å². The summed E-state index contributed by atoms with van der Waals surface area (Å²) in [6, 6.07) is 19.1. The molecule has 0 radical (unpaired) electrons. The lowest BCUT2D eigenvalue weighted by molar-refractivity contribution is -0.128. The first kappa shape index (κ1) is 32.3. The van der Waals surface area contributed by atoms with Gasteiger partial charge in [-0.3, -0.25) is 24.2 Å². The smallest absolute Gasteiger partial charge is 0.270 e. The predicted molar refractivity (Wildman–Crippen MR) is 162 cm³/mol. The summed E-state index contributed by atoms with van der Waals surface area (Å²) < 4.78 is 0. The summed E-state index contributed by atoms with van der Waals surface area (Å²) in [4.78, 5) is 55.4. The number of rotatable bonds is 13. The third-order valence-corrected chi connectivity index (χ3v) is 7.22. The van der Waals surface area contributed by atoms with E-state index in [-0.39, 0.29) is 23.8 Å². The minimum Gasteiger partial charge on any atom is -0.390 e. The van der Waals surface area contributed by atoms with Crippen LogP contribution in [0, 0.1) is 0 Å². The maximum Gasteiger partial charge on any atom is 0.270 e. The highest BCUT2D eigenvalue weighted by atomic mass is 32.2. The van der Waals surface area contributed by atoms with E-state index >= 15 is 0 Å². The summed E-state index contributed by atoms with van der Waals surface area (Å²) >= 11 is 1.29. The summed E-state index contributed by atoms with van der Waals surface area (Å²) in [6.45, 7) is 5.68. The molecule has 0 aliphatic rings. The van der Waals surface area contributed by atoms with Crippen LogP contribution in [0.15, 0.2) is 83.9 Å². The number of nitrogens with one attached hydrogen (secondary N) is 3. The number of hydrogen-bond donors (Lipinski definition) is 5. The van der Waals surface area contributed by atoms with E-state index < -0.39 is 47.9 Å². The number of nitrogens with zero attached hydrogens (tertiary/aromatic N) is 1. The quantitative estimate of drug-likeness (QED) is 0.191. The molecule has 1 aromatic heterocycles. The van der Waals surface area contributed by atoms with Gasteiger partial charge in [0, 0.05) is 22.4 Å². The Hall–Kier alpha value is -4.22. The van der Waals surface area contributed by atoms with Gasteiger partial charge in [-0.15, -0.1) is 11.8 Å². The van der Waals surface area contributed by atoms with Crippen molar-refractivity contribution in [1.82, 2.24) is 20.9 Å². The third kappa shape index (κ3) is 10.3. The normalized spacial score (nSPS) is 13.3.